The van der Waals surface area contributed by atoms with Gasteiger partial charge in [-0.05, 0) is 23.8 Å². The third-order valence-corrected chi connectivity index (χ3v) is 5.10. The van der Waals surface area contributed by atoms with E-state index < -0.39 is 0 Å². The second kappa shape index (κ2) is 5.72. The van der Waals surface area contributed by atoms with Crippen LogP contribution in [0.25, 0.3) is 20.7 Å². The molecule has 2 aromatic heterocycles. The number of hydrogen-bond acceptors (Lipinski definition) is 4. The van der Waals surface area contributed by atoms with Crippen LogP contribution in [0.1, 0.15) is 13.3 Å². The quantitative estimate of drug-likeness (QED) is 0.506. The number of aromatic nitrogens is 2. The van der Waals surface area contributed by atoms with Crippen LogP contribution in [0, 0.1) is 0 Å². The summed E-state index contributed by atoms with van der Waals surface area (Å²) in [6, 6.07) is 12.7. The second-order valence-corrected chi connectivity index (χ2v) is 6.34. The molecule has 0 radical (unpaired) electrons. The number of nitrogens with zero attached hydrogens (tertiary/aromatic N) is 2. The van der Waals surface area contributed by atoms with Crippen LogP contribution >= 0.6 is 23.1 Å². The summed E-state index contributed by atoms with van der Waals surface area (Å²) in [5.74, 6) is 1.10. The molecule has 0 aliphatic heterocycles. The van der Waals surface area contributed by atoms with Gasteiger partial charge in [0, 0.05) is 10.3 Å². The van der Waals surface area contributed by atoms with Gasteiger partial charge in [-0.3, -0.25) is 0 Å². The molecule has 0 saturated heterocycles. The van der Waals surface area contributed by atoms with Crippen molar-refractivity contribution in [1.29, 1.82) is 0 Å². The number of thioether (sulfide) groups is 1. The third kappa shape index (κ3) is 2.65. The van der Waals surface area contributed by atoms with Gasteiger partial charge < -0.3 is 0 Å². The Balaban J connectivity index is 2.05. The molecule has 2 heterocycles. The van der Waals surface area contributed by atoms with E-state index in [1.165, 1.54) is 15.8 Å². The molecule has 0 atom stereocenters. The summed E-state index contributed by atoms with van der Waals surface area (Å²) in [6.45, 7) is 2.19. The monoisotopic (exact) mass is 286 g/mol. The summed E-state index contributed by atoms with van der Waals surface area (Å²) in [7, 11) is 0. The van der Waals surface area contributed by atoms with Crippen LogP contribution in [0.4, 0.5) is 0 Å². The van der Waals surface area contributed by atoms with Crippen molar-refractivity contribution in [3.8, 4) is 10.4 Å². The van der Waals surface area contributed by atoms with Gasteiger partial charge in [-0.25, -0.2) is 9.97 Å². The van der Waals surface area contributed by atoms with E-state index in [-0.39, 0.29) is 0 Å². The first kappa shape index (κ1) is 12.6. The summed E-state index contributed by atoms with van der Waals surface area (Å²) in [6.07, 6.45) is 2.83. The van der Waals surface area contributed by atoms with E-state index in [2.05, 4.69) is 47.2 Å². The highest BCUT2D eigenvalue weighted by atomic mass is 32.2. The molecule has 0 aliphatic carbocycles. The van der Waals surface area contributed by atoms with Gasteiger partial charge >= 0.3 is 0 Å². The number of hydrogen-bond donors (Lipinski definition) is 0. The zero-order chi connectivity index (χ0) is 13.1. The minimum absolute atomic E-state index is 1.08. The lowest BCUT2D eigenvalue weighted by Gasteiger charge is -1.98. The van der Waals surface area contributed by atoms with Gasteiger partial charge in [0.25, 0.3) is 0 Å². The molecule has 0 fully saturated rings. The van der Waals surface area contributed by atoms with Crippen molar-refractivity contribution < 1.29 is 0 Å². The van der Waals surface area contributed by atoms with Crippen molar-refractivity contribution in [2.24, 2.45) is 0 Å². The molecule has 0 aliphatic rings. The molecular weight excluding hydrogens is 272 g/mol. The number of thiophene rings is 1. The van der Waals surface area contributed by atoms with Crippen molar-refractivity contribution in [2.75, 3.05) is 5.75 Å². The average molecular weight is 286 g/mol. The Morgan fingerprint density at radius 3 is 2.79 bits per heavy atom. The van der Waals surface area contributed by atoms with Crippen LogP contribution in [-0.2, 0) is 0 Å². The summed E-state index contributed by atoms with van der Waals surface area (Å²) >= 11 is 3.55. The predicted molar refractivity (Wildman–Crippen MR) is 83.9 cm³/mol. The highest BCUT2D eigenvalue weighted by molar-refractivity contribution is 7.99. The van der Waals surface area contributed by atoms with Crippen LogP contribution in [0.15, 0.2) is 47.8 Å². The summed E-state index contributed by atoms with van der Waals surface area (Å²) in [4.78, 5) is 11.1. The Hall–Kier alpha value is -1.39. The fourth-order valence-electron chi connectivity index (χ4n) is 1.89. The minimum Gasteiger partial charge on any atom is -0.229 e. The standard InChI is InChI=1S/C15H14N2S2/c1-2-8-18-14-12-9-13(11-6-4-3-5-7-11)19-15(12)17-10-16-14/h3-7,9-10H,2,8H2,1H3. The first-order chi connectivity index (χ1) is 9.38. The number of fused-ring (bicyclic) bond motifs is 1. The van der Waals surface area contributed by atoms with Gasteiger partial charge in [-0.15, -0.1) is 23.1 Å². The fraction of sp³-hybridized carbons (Fsp3) is 0.200. The van der Waals surface area contributed by atoms with Crippen LogP contribution in [0.3, 0.4) is 0 Å². The molecule has 0 saturated carbocycles. The van der Waals surface area contributed by atoms with Crippen LogP contribution in [0.5, 0.6) is 0 Å². The van der Waals surface area contributed by atoms with E-state index in [4.69, 9.17) is 0 Å². The molecule has 0 spiro atoms. The van der Waals surface area contributed by atoms with Crippen molar-refractivity contribution in [3.63, 3.8) is 0 Å². The predicted octanol–water partition coefficient (Wildman–Crippen LogP) is 4.86. The second-order valence-electron chi connectivity index (χ2n) is 4.22. The molecule has 0 amide bonds. The van der Waals surface area contributed by atoms with Gasteiger partial charge in [0.15, 0.2) is 0 Å². The van der Waals surface area contributed by atoms with Gasteiger partial charge in [-0.1, -0.05) is 37.3 Å². The topological polar surface area (TPSA) is 25.8 Å². The molecule has 1 aromatic carbocycles. The first-order valence-corrected chi connectivity index (χ1v) is 8.11. The van der Waals surface area contributed by atoms with E-state index >= 15 is 0 Å². The van der Waals surface area contributed by atoms with Crippen molar-refractivity contribution >= 4 is 33.3 Å². The normalized spacial score (nSPS) is 11.0. The zero-order valence-electron chi connectivity index (χ0n) is 10.7. The van der Waals surface area contributed by atoms with Crippen LogP contribution in [0.2, 0.25) is 0 Å². The fourth-order valence-corrected chi connectivity index (χ4v) is 3.79. The lowest BCUT2D eigenvalue weighted by atomic mass is 10.2. The smallest absolute Gasteiger partial charge is 0.128 e. The van der Waals surface area contributed by atoms with Crippen molar-refractivity contribution in [1.82, 2.24) is 9.97 Å². The Kier molecular flexibility index (Phi) is 3.80. The van der Waals surface area contributed by atoms with Crippen LogP contribution < -0.4 is 0 Å². The lowest BCUT2D eigenvalue weighted by Crippen LogP contribution is -1.84. The van der Waals surface area contributed by atoms with E-state index in [1.807, 2.05) is 17.8 Å². The Bertz CT molecular complexity index is 677. The minimum atomic E-state index is 1.08. The molecule has 96 valence electrons. The van der Waals surface area contributed by atoms with Gasteiger partial charge in [-0.2, -0.15) is 0 Å². The molecule has 4 heteroatoms. The van der Waals surface area contributed by atoms with Gasteiger partial charge in [0.2, 0.25) is 0 Å². The first-order valence-electron chi connectivity index (χ1n) is 6.31. The maximum atomic E-state index is 4.41. The summed E-state index contributed by atoms with van der Waals surface area (Å²) in [5, 5.41) is 2.29. The van der Waals surface area contributed by atoms with Gasteiger partial charge in [0.05, 0.1) is 0 Å². The van der Waals surface area contributed by atoms with Crippen molar-refractivity contribution in [2.45, 2.75) is 18.4 Å². The molecule has 3 aromatic rings. The molecule has 0 unspecified atom stereocenters. The molecule has 0 N–H and O–H groups in total. The molecule has 3 rings (SSSR count). The largest absolute Gasteiger partial charge is 0.229 e. The number of benzene rings is 1. The summed E-state index contributed by atoms with van der Waals surface area (Å²) in [5.41, 5.74) is 1.25. The Morgan fingerprint density at radius 2 is 2.00 bits per heavy atom. The third-order valence-electron chi connectivity index (χ3n) is 2.79. The Morgan fingerprint density at radius 1 is 1.16 bits per heavy atom. The molecule has 19 heavy (non-hydrogen) atoms. The van der Waals surface area contributed by atoms with Crippen LogP contribution in [-0.4, -0.2) is 15.7 Å². The Labute approximate surface area is 120 Å². The van der Waals surface area contributed by atoms with Crippen molar-refractivity contribution in [3.05, 3.63) is 42.7 Å². The maximum Gasteiger partial charge on any atom is 0.128 e. The highest BCUT2D eigenvalue weighted by Crippen LogP contribution is 2.36. The van der Waals surface area contributed by atoms with E-state index in [9.17, 15) is 0 Å². The average Bonchev–Trinajstić information content (AvgIpc) is 2.90. The molecular formula is C15H14N2S2. The maximum absolute atomic E-state index is 4.41. The van der Waals surface area contributed by atoms with E-state index in [1.54, 1.807) is 17.7 Å². The zero-order valence-corrected chi connectivity index (χ0v) is 12.3. The molecule has 2 nitrogen and oxygen atoms in total. The molecule has 0 bridgehead atoms. The van der Waals surface area contributed by atoms with Gasteiger partial charge in [0.1, 0.15) is 16.2 Å². The number of rotatable bonds is 4. The highest BCUT2D eigenvalue weighted by Gasteiger charge is 2.09. The SMILES string of the molecule is CCCSc1ncnc2sc(-c3ccccc3)cc12. The lowest BCUT2D eigenvalue weighted by molar-refractivity contribution is 1.08. The van der Waals surface area contributed by atoms with E-state index in [0.717, 1.165) is 22.0 Å². The summed E-state index contributed by atoms with van der Waals surface area (Å²) < 4.78 is 0. The van der Waals surface area contributed by atoms with E-state index in [0.29, 0.717) is 0 Å².